The lowest BCUT2D eigenvalue weighted by Crippen LogP contribution is -2.26. The molecule has 1 aromatic heterocycles. The van der Waals surface area contributed by atoms with Crippen LogP contribution in [0.25, 0.3) is 0 Å². The average Bonchev–Trinajstić information content (AvgIpc) is 2.81. The Balaban J connectivity index is 1.83. The maximum Gasteiger partial charge on any atom is 0.104 e. The van der Waals surface area contributed by atoms with Crippen molar-refractivity contribution in [3.05, 3.63) is 21.9 Å². The van der Waals surface area contributed by atoms with Crippen LogP contribution < -0.4 is 0 Å². The molecule has 1 aliphatic carbocycles. The van der Waals surface area contributed by atoms with Crippen LogP contribution in [-0.2, 0) is 11.3 Å². The van der Waals surface area contributed by atoms with Crippen LogP contribution in [0.3, 0.4) is 0 Å². The van der Waals surface area contributed by atoms with Crippen molar-refractivity contribution in [2.75, 3.05) is 6.61 Å². The molecule has 0 spiro atoms. The first-order valence-corrected chi connectivity index (χ1v) is 7.84. The summed E-state index contributed by atoms with van der Waals surface area (Å²) >= 11 is 1.68. The molecule has 0 amide bonds. The monoisotopic (exact) mass is 278 g/mol. The third-order valence-electron chi connectivity index (χ3n) is 3.56. The molecule has 1 heterocycles. The minimum atomic E-state index is -0.0838. The maximum atomic E-state index is 8.66. The third kappa shape index (κ3) is 4.65. The average molecular weight is 278 g/mol. The van der Waals surface area contributed by atoms with E-state index in [1.807, 2.05) is 5.38 Å². The van der Waals surface area contributed by atoms with Gasteiger partial charge in [-0.1, -0.05) is 25.7 Å². The van der Waals surface area contributed by atoms with Crippen molar-refractivity contribution < 1.29 is 9.84 Å². The lowest BCUT2D eigenvalue weighted by Gasteiger charge is -2.31. The standard InChI is InChI=1S/C16H22O2S/c1-12-6-13(2)8-15(7-12)18-10-16-9-14(11-19-16)4-3-5-17/h9,11-13,15,17H,5-8,10H2,1-2H3. The summed E-state index contributed by atoms with van der Waals surface area (Å²) < 4.78 is 6.04. The van der Waals surface area contributed by atoms with E-state index in [1.54, 1.807) is 11.3 Å². The Bertz CT molecular complexity index is 445. The highest BCUT2D eigenvalue weighted by Gasteiger charge is 2.24. The Kier molecular flexibility index (Phi) is 5.45. The maximum absolute atomic E-state index is 8.66. The number of thiophene rings is 1. The molecule has 0 bridgehead atoms. The topological polar surface area (TPSA) is 29.5 Å². The summed E-state index contributed by atoms with van der Waals surface area (Å²) in [5.74, 6) is 7.15. The molecule has 1 aromatic rings. The van der Waals surface area contributed by atoms with Crippen molar-refractivity contribution in [2.45, 2.75) is 45.8 Å². The molecular formula is C16H22O2S. The Hall–Kier alpha value is -0.820. The van der Waals surface area contributed by atoms with E-state index in [9.17, 15) is 0 Å². The second kappa shape index (κ2) is 7.09. The summed E-state index contributed by atoms with van der Waals surface area (Å²) in [5, 5.41) is 10.7. The van der Waals surface area contributed by atoms with Gasteiger partial charge in [-0.05, 0) is 37.2 Å². The second-order valence-electron chi connectivity index (χ2n) is 5.61. The largest absolute Gasteiger partial charge is 0.384 e. The lowest BCUT2D eigenvalue weighted by molar-refractivity contribution is -0.00804. The third-order valence-corrected chi connectivity index (χ3v) is 4.47. The van der Waals surface area contributed by atoms with E-state index >= 15 is 0 Å². The van der Waals surface area contributed by atoms with Crippen molar-refractivity contribution in [1.29, 1.82) is 0 Å². The number of hydrogen-bond donors (Lipinski definition) is 1. The normalized spacial score (nSPS) is 26.8. The van der Waals surface area contributed by atoms with Gasteiger partial charge in [-0.15, -0.1) is 11.3 Å². The first-order valence-electron chi connectivity index (χ1n) is 6.96. The molecule has 0 radical (unpaired) electrons. The fourth-order valence-corrected chi connectivity index (χ4v) is 3.61. The van der Waals surface area contributed by atoms with Gasteiger partial charge in [-0.25, -0.2) is 0 Å². The van der Waals surface area contributed by atoms with Crippen molar-refractivity contribution in [1.82, 2.24) is 0 Å². The van der Waals surface area contributed by atoms with Crippen LogP contribution in [0.4, 0.5) is 0 Å². The van der Waals surface area contributed by atoms with Gasteiger partial charge in [0, 0.05) is 15.8 Å². The highest BCUT2D eigenvalue weighted by atomic mass is 32.1. The molecule has 1 fully saturated rings. The first kappa shape index (κ1) is 14.6. The Morgan fingerprint density at radius 1 is 1.32 bits per heavy atom. The Morgan fingerprint density at radius 3 is 2.74 bits per heavy atom. The summed E-state index contributed by atoms with van der Waals surface area (Å²) in [5.41, 5.74) is 0.975. The van der Waals surface area contributed by atoms with Crippen LogP contribution in [0.15, 0.2) is 11.4 Å². The molecule has 19 heavy (non-hydrogen) atoms. The first-order chi connectivity index (χ1) is 9.17. The molecule has 2 nitrogen and oxygen atoms in total. The zero-order valence-corrected chi connectivity index (χ0v) is 12.5. The van der Waals surface area contributed by atoms with Crippen molar-refractivity contribution in [3.8, 4) is 11.8 Å². The summed E-state index contributed by atoms with van der Waals surface area (Å²) in [4.78, 5) is 1.22. The molecular weight excluding hydrogens is 256 g/mol. The number of rotatable bonds is 3. The van der Waals surface area contributed by atoms with E-state index in [0.29, 0.717) is 12.7 Å². The van der Waals surface area contributed by atoms with E-state index < -0.39 is 0 Å². The van der Waals surface area contributed by atoms with Crippen molar-refractivity contribution >= 4 is 11.3 Å². The molecule has 2 unspecified atom stereocenters. The van der Waals surface area contributed by atoms with Gasteiger partial charge in [-0.3, -0.25) is 0 Å². The SMILES string of the molecule is CC1CC(C)CC(OCc2cc(C#CCO)cs2)C1. The molecule has 1 saturated carbocycles. The van der Waals surface area contributed by atoms with Gasteiger partial charge in [0.15, 0.2) is 0 Å². The van der Waals surface area contributed by atoms with E-state index in [2.05, 4.69) is 31.8 Å². The van der Waals surface area contributed by atoms with Crippen LogP contribution in [0.1, 0.15) is 43.6 Å². The zero-order valence-electron chi connectivity index (χ0n) is 11.7. The fraction of sp³-hybridized carbons (Fsp3) is 0.625. The van der Waals surface area contributed by atoms with Gasteiger partial charge in [0.2, 0.25) is 0 Å². The van der Waals surface area contributed by atoms with Crippen molar-refractivity contribution in [2.24, 2.45) is 11.8 Å². The highest BCUT2D eigenvalue weighted by Crippen LogP contribution is 2.31. The highest BCUT2D eigenvalue weighted by molar-refractivity contribution is 7.10. The number of ether oxygens (including phenoxy) is 1. The lowest BCUT2D eigenvalue weighted by atomic mass is 9.82. The van der Waals surface area contributed by atoms with E-state index in [1.165, 1.54) is 24.1 Å². The molecule has 1 aliphatic rings. The predicted molar refractivity (Wildman–Crippen MR) is 79.0 cm³/mol. The Labute approximate surface area is 119 Å². The Morgan fingerprint density at radius 2 is 2.05 bits per heavy atom. The molecule has 0 aromatic carbocycles. The molecule has 0 saturated heterocycles. The van der Waals surface area contributed by atoms with Gasteiger partial charge in [0.05, 0.1) is 12.7 Å². The van der Waals surface area contributed by atoms with E-state index in [-0.39, 0.29) is 6.61 Å². The van der Waals surface area contributed by atoms with E-state index in [4.69, 9.17) is 9.84 Å². The molecule has 2 atom stereocenters. The smallest absolute Gasteiger partial charge is 0.104 e. The fourth-order valence-electron chi connectivity index (χ4n) is 2.87. The van der Waals surface area contributed by atoms with Gasteiger partial charge in [0.25, 0.3) is 0 Å². The summed E-state index contributed by atoms with van der Waals surface area (Å²) in [6.45, 7) is 5.24. The predicted octanol–water partition coefficient (Wildman–Crippen LogP) is 3.43. The number of aliphatic hydroxyl groups is 1. The molecule has 1 N–H and O–H groups in total. The molecule has 104 valence electrons. The van der Waals surface area contributed by atoms with Crippen LogP contribution in [-0.4, -0.2) is 17.8 Å². The van der Waals surface area contributed by atoms with E-state index in [0.717, 1.165) is 17.4 Å². The van der Waals surface area contributed by atoms with Crippen LogP contribution >= 0.6 is 11.3 Å². The van der Waals surface area contributed by atoms with Gasteiger partial charge in [-0.2, -0.15) is 0 Å². The van der Waals surface area contributed by atoms with Crippen molar-refractivity contribution in [3.63, 3.8) is 0 Å². The van der Waals surface area contributed by atoms with Crippen LogP contribution in [0.5, 0.6) is 0 Å². The zero-order chi connectivity index (χ0) is 13.7. The van der Waals surface area contributed by atoms with Gasteiger partial charge >= 0.3 is 0 Å². The molecule has 2 rings (SSSR count). The van der Waals surface area contributed by atoms with Crippen LogP contribution in [0, 0.1) is 23.7 Å². The number of hydrogen-bond acceptors (Lipinski definition) is 3. The van der Waals surface area contributed by atoms with Crippen LogP contribution in [0.2, 0.25) is 0 Å². The summed E-state index contributed by atoms with van der Waals surface area (Å²) in [6, 6.07) is 2.06. The molecule has 3 heteroatoms. The quantitative estimate of drug-likeness (QED) is 0.858. The second-order valence-corrected chi connectivity index (χ2v) is 6.61. The van der Waals surface area contributed by atoms with Gasteiger partial charge < -0.3 is 9.84 Å². The minimum Gasteiger partial charge on any atom is -0.384 e. The summed E-state index contributed by atoms with van der Waals surface area (Å²) in [7, 11) is 0. The van der Waals surface area contributed by atoms with Gasteiger partial charge in [0.1, 0.15) is 6.61 Å². The summed E-state index contributed by atoms with van der Waals surface area (Å²) in [6.07, 6.45) is 4.12. The molecule has 0 aliphatic heterocycles. The minimum absolute atomic E-state index is 0.0838. The number of aliphatic hydroxyl groups excluding tert-OH is 1.